The maximum Gasteiger partial charge on any atom is 0.348 e. The van der Waals surface area contributed by atoms with Crippen LogP contribution in [0.2, 0.25) is 5.02 Å². The molecule has 1 aromatic carbocycles. The van der Waals surface area contributed by atoms with Gasteiger partial charge in [-0.05, 0) is 30.7 Å². The second-order valence-electron chi connectivity index (χ2n) is 2.93. The largest absolute Gasteiger partial charge is 0.370 e. The number of anilines is 1. The molecule has 0 aromatic heterocycles. The average molecular weight is 227 g/mol. The van der Waals surface area contributed by atoms with E-state index >= 15 is 0 Å². The van der Waals surface area contributed by atoms with Crippen molar-refractivity contribution < 1.29 is 4.79 Å². The highest BCUT2D eigenvalue weighted by Gasteiger charge is 2.03. The molecule has 0 aliphatic heterocycles. The van der Waals surface area contributed by atoms with Gasteiger partial charge in [0.15, 0.2) is 5.96 Å². The Morgan fingerprint density at radius 2 is 2.13 bits per heavy atom. The number of hydrogen-bond donors (Lipinski definition) is 3. The third kappa shape index (κ3) is 3.47. The van der Waals surface area contributed by atoms with E-state index in [1.54, 1.807) is 18.2 Å². The Labute approximate surface area is 92.1 Å². The Morgan fingerprint density at radius 3 is 2.67 bits per heavy atom. The number of urea groups is 1. The summed E-state index contributed by atoms with van der Waals surface area (Å²) >= 11 is 5.76. The number of rotatable bonds is 1. The van der Waals surface area contributed by atoms with E-state index in [2.05, 4.69) is 10.3 Å². The molecule has 5 nitrogen and oxygen atoms in total. The lowest BCUT2D eigenvalue weighted by molar-refractivity contribution is 0.259. The zero-order chi connectivity index (χ0) is 11.4. The monoisotopic (exact) mass is 226 g/mol. The second-order valence-corrected chi connectivity index (χ2v) is 3.36. The molecule has 0 saturated carbocycles. The molecule has 0 unspecified atom stereocenters. The minimum Gasteiger partial charge on any atom is -0.370 e. The fourth-order valence-corrected chi connectivity index (χ4v) is 1.25. The molecule has 0 aliphatic carbocycles. The Balaban J connectivity index is 2.82. The summed E-state index contributed by atoms with van der Waals surface area (Å²) < 4.78 is 0. The second kappa shape index (κ2) is 4.65. The summed E-state index contributed by atoms with van der Waals surface area (Å²) in [6, 6.07) is 4.46. The highest BCUT2D eigenvalue weighted by Crippen LogP contribution is 2.19. The minimum atomic E-state index is -0.611. The van der Waals surface area contributed by atoms with Gasteiger partial charge in [-0.1, -0.05) is 11.6 Å². The van der Waals surface area contributed by atoms with Gasteiger partial charge in [-0.3, -0.25) is 0 Å². The summed E-state index contributed by atoms with van der Waals surface area (Å²) in [4.78, 5) is 14.5. The maximum atomic E-state index is 11.2. The number of nitrogens with two attached hydrogens (primary N) is 2. The number of amides is 2. The average Bonchev–Trinajstić information content (AvgIpc) is 2.08. The van der Waals surface area contributed by atoms with E-state index in [0.29, 0.717) is 10.7 Å². The standard InChI is InChI=1S/C9H11ClN4O/c1-5-4-6(10)2-3-7(5)13-9(15)14-8(11)12/h2-4H,1H3,(H5,11,12,13,14,15). The molecule has 0 heterocycles. The number of nitrogens with zero attached hydrogens (tertiary/aromatic N) is 1. The van der Waals surface area contributed by atoms with Crippen molar-refractivity contribution in [2.45, 2.75) is 6.92 Å². The molecule has 1 aromatic rings. The SMILES string of the molecule is Cc1cc(Cl)ccc1NC(=O)N=C(N)N. The van der Waals surface area contributed by atoms with E-state index < -0.39 is 6.03 Å². The molecule has 6 heteroatoms. The number of carbonyl (C=O) groups excluding carboxylic acids is 1. The third-order valence-electron chi connectivity index (χ3n) is 1.66. The molecular formula is C9H11ClN4O. The Hall–Kier alpha value is -1.75. The van der Waals surface area contributed by atoms with Gasteiger partial charge >= 0.3 is 6.03 Å². The van der Waals surface area contributed by atoms with Gasteiger partial charge in [0, 0.05) is 10.7 Å². The minimum absolute atomic E-state index is 0.279. The fourth-order valence-electron chi connectivity index (χ4n) is 1.03. The molecule has 15 heavy (non-hydrogen) atoms. The van der Waals surface area contributed by atoms with Crippen LogP contribution in [0.25, 0.3) is 0 Å². The topological polar surface area (TPSA) is 93.5 Å². The summed E-state index contributed by atoms with van der Waals surface area (Å²) in [5, 5.41) is 3.13. The van der Waals surface area contributed by atoms with E-state index in [-0.39, 0.29) is 5.96 Å². The molecule has 80 valence electrons. The Bertz CT molecular complexity index is 413. The predicted molar refractivity (Wildman–Crippen MR) is 61.0 cm³/mol. The van der Waals surface area contributed by atoms with E-state index in [1.165, 1.54) is 0 Å². The number of hydrogen-bond acceptors (Lipinski definition) is 1. The summed E-state index contributed by atoms with van der Waals surface area (Å²) in [7, 11) is 0. The molecule has 2 amide bonds. The van der Waals surface area contributed by atoms with Crippen LogP contribution in [0.5, 0.6) is 0 Å². The van der Waals surface area contributed by atoms with Gasteiger partial charge in [0.05, 0.1) is 0 Å². The summed E-state index contributed by atoms with van der Waals surface area (Å²) in [6.45, 7) is 1.82. The van der Waals surface area contributed by atoms with Crippen LogP contribution in [0.3, 0.4) is 0 Å². The van der Waals surface area contributed by atoms with E-state index in [4.69, 9.17) is 23.1 Å². The molecule has 0 bridgehead atoms. The van der Waals surface area contributed by atoms with Crippen LogP contribution in [-0.2, 0) is 0 Å². The molecule has 0 fully saturated rings. The number of benzene rings is 1. The lowest BCUT2D eigenvalue weighted by Crippen LogP contribution is -2.25. The molecular weight excluding hydrogens is 216 g/mol. The van der Waals surface area contributed by atoms with Crippen molar-refractivity contribution in [3.05, 3.63) is 28.8 Å². The molecule has 0 radical (unpaired) electrons. The summed E-state index contributed by atoms with van der Waals surface area (Å²) in [5.41, 5.74) is 11.6. The van der Waals surface area contributed by atoms with Gasteiger partial charge in [-0.2, -0.15) is 4.99 Å². The van der Waals surface area contributed by atoms with Gasteiger partial charge in [-0.15, -0.1) is 0 Å². The third-order valence-corrected chi connectivity index (χ3v) is 1.90. The van der Waals surface area contributed by atoms with Crippen LogP contribution in [0, 0.1) is 6.92 Å². The molecule has 0 aliphatic rings. The van der Waals surface area contributed by atoms with Gasteiger partial charge < -0.3 is 16.8 Å². The normalized spacial score (nSPS) is 9.47. The lowest BCUT2D eigenvalue weighted by atomic mass is 10.2. The number of nitrogens with one attached hydrogen (secondary N) is 1. The first-order chi connectivity index (χ1) is 6.99. The van der Waals surface area contributed by atoms with Gasteiger partial charge in [0.25, 0.3) is 0 Å². The van der Waals surface area contributed by atoms with Gasteiger partial charge in [0.2, 0.25) is 0 Å². The summed E-state index contributed by atoms with van der Waals surface area (Å²) in [6.07, 6.45) is 0. The van der Waals surface area contributed by atoms with Crippen molar-refractivity contribution in [2.75, 3.05) is 5.32 Å². The van der Waals surface area contributed by atoms with Crippen LogP contribution < -0.4 is 16.8 Å². The molecule has 1 rings (SSSR count). The quantitative estimate of drug-likeness (QED) is 0.500. The summed E-state index contributed by atoms with van der Waals surface area (Å²) in [5.74, 6) is -0.279. The van der Waals surface area contributed by atoms with Crippen molar-refractivity contribution >= 4 is 29.3 Å². The zero-order valence-electron chi connectivity index (χ0n) is 8.12. The van der Waals surface area contributed by atoms with Crippen LogP contribution in [0.4, 0.5) is 10.5 Å². The van der Waals surface area contributed by atoms with Crippen LogP contribution in [0.15, 0.2) is 23.2 Å². The zero-order valence-corrected chi connectivity index (χ0v) is 8.88. The van der Waals surface area contributed by atoms with Crippen molar-refractivity contribution in [1.29, 1.82) is 0 Å². The smallest absolute Gasteiger partial charge is 0.348 e. The highest BCUT2D eigenvalue weighted by molar-refractivity contribution is 6.30. The van der Waals surface area contributed by atoms with Gasteiger partial charge in [-0.25, -0.2) is 4.79 Å². The fraction of sp³-hybridized carbons (Fsp3) is 0.111. The van der Waals surface area contributed by atoms with Crippen LogP contribution in [-0.4, -0.2) is 12.0 Å². The Kier molecular flexibility index (Phi) is 3.51. The number of halogens is 1. The molecule has 0 atom stereocenters. The molecule has 0 spiro atoms. The van der Waals surface area contributed by atoms with Crippen molar-refractivity contribution in [3.63, 3.8) is 0 Å². The Morgan fingerprint density at radius 1 is 1.47 bits per heavy atom. The van der Waals surface area contributed by atoms with Gasteiger partial charge in [0.1, 0.15) is 0 Å². The van der Waals surface area contributed by atoms with Crippen molar-refractivity contribution in [2.24, 2.45) is 16.5 Å². The first kappa shape index (κ1) is 11.3. The first-order valence-electron chi connectivity index (χ1n) is 4.16. The van der Waals surface area contributed by atoms with Crippen molar-refractivity contribution in [3.8, 4) is 0 Å². The molecule has 0 saturated heterocycles. The number of guanidine groups is 1. The highest BCUT2D eigenvalue weighted by atomic mass is 35.5. The molecule has 5 N–H and O–H groups in total. The predicted octanol–water partition coefficient (Wildman–Crippen LogP) is 1.45. The van der Waals surface area contributed by atoms with Crippen LogP contribution in [0.1, 0.15) is 5.56 Å². The number of aryl methyl sites for hydroxylation is 1. The number of carbonyl (C=O) groups is 1. The van der Waals surface area contributed by atoms with E-state index in [0.717, 1.165) is 5.56 Å². The lowest BCUT2D eigenvalue weighted by Gasteiger charge is -2.05. The van der Waals surface area contributed by atoms with Crippen LogP contribution >= 0.6 is 11.6 Å². The van der Waals surface area contributed by atoms with E-state index in [1.807, 2.05) is 6.92 Å². The van der Waals surface area contributed by atoms with E-state index in [9.17, 15) is 4.79 Å². The number of aliphatic imine (C=N–C) groups is 1. The van der Waals surface area contributed by atoms with Crippen molar-refractivity contribution in [1.82, 2.24) is 0 Å². The first-order valence-corrected chi connectivity index (χ1v) is 4.53. The maximum absolute atomic E-state index is 11.2.